The van der Waals surface area contributed by atoms with Gasteiger partial charge >= 0.3 is 0 Å². The van der Waals surface area contributed by atoms with Gasteiger partial charge in [-0.2, -0.15) is 0 Å². The molecule has 4 nitrogen and oxygen atoms in total. The maximum atomic E-state index is 11.7. The van der Waals surface area contributed by atoms with E-state index in [9.17, 15) is 4.79 Å². The minimum absolute atomic E-state index is 0.0907. The van der Waals surface area contributed by atoms with Crippen LogP contribution in [0.1, 0.15) is 15.9 Å². The van der Waals surface area contributed by atoms with Gasteiger partial charge in [-0.1, -0.05) is 0 Å². The molecule has 1 N–H and O–H groups in total. The van der Waals surface area contributed by atoms with Crippen LogP contribution in [0.3, 0.4) is 0 Å². The van der Waals surface area contributed by atoms with E-state index in [1.807, 2.05) is 6.07 Å². The van der Waals surface area contributed by atoms with Crippen molar-refractivity contribution >= 4 is 5.91 Å². The Hall–Kier alpha value is -1.71. The summed E-state index contributed by atoms with van der Waals surface area (Å²) in [6.45, 7) is 0.648. The van der Waals surface area contributed by atoms with Crippen LogP contribution in [-0.4, -0.2) is 26.7 Å². The van der Waals surface area contributed by atoms with Crippen molar-refractivity contribution in [3.05, 3.63) is 23.3 Å². The lowest BCUT2D eigenvalue weighted by atomic mass is 9.98. The molecule has 15 heavy (non-hydrogen) atoms. The number of rotatable bonds is 2. The summed E-state index contributed by atoms with van der Waals surface area (Å²) in [7, 11) is 3.17. The van der Waals surface area contributed by atoms with E-state index in [2.05, 4.69) is 5.32 Å². The van der Waals surface area contributed by atoms with Gasteiger partial charge in [0.2, 0.25) is 0 Å². The van der Waals surface area contributed by atoms with Gasteiger partial charge in [0.1, 0.15) is 11.5 Å². The molecule has 1 aromatic rings. The quantitative estimate of drug-likeness (QED) is 0.786. The number of hydrogen-bond acceptors (Lipinski definition) is 3. The average Bonchev–Trinajstić information content (AvgIpc) is 2.28. The molecule has 0 atom stereocenters. The van der Waals surface area contributed by atoms with Crippen LogP contribution in [0.4, 0.5) is 0 Å². The SMILES string of the molecule is COc1ccc(OC)c2c1CCNC2=O. The molecule has 0 saturated carbocycles. The summed E-state index contributed by atoms with van der Waals surface area (Å²) in [6.07, 6.45) is 0.779. The minimum Gasteiger partial charge on any atom is -0.496 e. The Balaban J connectivity index is 2.61. The lowest BCUT2D eigenvalue weighted by Gasteiger charge is -2.21. The maximum absolute atomic E-state index is 11.7. The van der Waals surface area contributed by atoms with Crippen LogP contribution in [0.2, 0.25) is 0 Å². The zero-order valence-corrected chi connectivity index (χ0v) is 8.79. The Morgan fingerprint density at radius 1 is 1.20 bits per heavy atom. The molecule has 2 rings (SSSR count). The fraction of sp³-hybridized carbons (Fsp3) is 0.364. The molecule has 0 aromatic heterocycles. The second kappa shape index (κ2) is 3.81. The van der Waals surface area contributed by atoms with E-state index in [-0.39, 0.29) is 5.91 Å². The molecule has 1 heterocycles. The summed E-state index contributed by atoms with van der Waals surface area (Å²) < 4.78 is 10.4. The fourth-order valence-electron chi connectivity index (χ4n) is 1.86. The summed E-state index contributed by atoms with van der Waals surface area (Å²) in [5, 5.41) is 2.79. The molecule has 0 fully saturated rings. The monoisotopic (exact) mass is 207 g/mol. The van der Waals surface area contributed by atoms with Crippen molar-refractivity contribution in [3.8, 4) is 11.5 Å². The second-order valence-corrected chi connectivity index (χ2v) is 3.33. The number of fused-ring (bicyclic) bond motifs is 1. The normalized spacial score (nSPS) is 14.1. The van der Waals surface area contributed by atoms with Crippen molar-refractivity contribution in [3.63, 3.8) is 0 Å². The third kappa shape index (κ3) is 1.52. The number of ether oxygens (including phenoxy) is 2. The number of benzene rings is 1. The first-order valence-electron chi connectivity index (χ1n) is 4.80. The summed E-state index contributed by atoms with van der Waals surface area (Å²) in [6, 6.07) is 3.58. The van der Waals surface area contributed by atoms with Gasteiger partial charge in [-0.3, -0.25) is 4.79 Å². The van der Waals surface area contributed by atoms with Crippen LogP contribution in [-0.2, 0) is 6.42 Å². The summed E-state index contributed by atoms with van der Waals surface area (Å²) >= 11 is 0. The molecule has 0 radical (unpaired) electrons. The van der Waals surface area contributed by atoms with Gasteiger partial charge in [-0.05, 0) is 18.6 Å². The number of hydrogen-bond donors (Lipinski definition) is 1. The first-order valence-corrected chi connectivity index (χ1v) is 4.80. The van der Waals surface area contributed by atoms with Gasteiger partial charge in [0.25, 0.3) is 5.91 Å². The second-order valence-electron chi connectivity index (χ2n) is 3.33. The highest BCUT2D eigenvalue weighted by molar-refractivity contribution is 6.00. The highest BCUT2D eigenvalue weighted by atomic mass is 16.5. The van der Waals surface area contributed by atoms with Crippen molar-refractivity contribution in [1.29, 1.82) is 0 Å². The van der Waals surface area contributed by atoms with Gasteiger partial charge in [0.05, 0.1) is 19.8 Å². The smallest absolute Gasteiger partial charge is 0.255 e. The molecule has 0 aliphatic carbocycles. The lowest BCUT2D eigenvalue weighted by Crippen LogP contribution is -2.32. The molecular weight excluding hydrogens is 194 g/mol. The average molecular weight is 207 g/mol. The largest absolute Gasteiger partial charge is 0.496 e. The van der Waals surface area contributed by atoms with Gasteiger partial charge in [-0.25, -0.2) is 0 Å². The van der Waals surface area contributed by atoms with Crippen LogP contribution in [0, 0.1) is 0 Å². The third-order valence-corrected chi connectivity index (χ3v) is 2.56. The van der Waals surface area contributed by atoms with Gasteiger partial charge < -0.3 is 14.8 Å². The van der Waals surface area contributed by atoms with Gasteiger partial charge in [0.15, 0.2) is 0 Å². The molecule has 1 aliphatic heterocycles. The van der Waals surface area contributed by atoms with E-state index in [0.717, 1.165) is 17.7 Å². The zero-order chi connectivity index (χ0) is 10.8. The minimum atomic E-state index is -0.0907. The van der Waals surface area contributed by atoms with Gasteiger partial charge in [-0.15, -0.1) is 0 Å². The number of carbonyl (C=O) groups excluding carboxylic acids is 1. The fourth-order valence-corrected chi connectivity index (χ4v) is 1.86. The molecule has 0 spiro atoms. The first kappa shape index (κ1) is 9.83. The molecule has 80 valence electrons. The maximum Gasteiger partial charge on any atom is 0.255 e. The molecule has 1 aliphatic rings. The number of carbonyl (C=O) groups is 1. The highest BCUT2D eigenvalue weighted by Gasteiger charge is 2.24. The lowest BCUT2D eigenvalue weighted by molar-refractivity contribution is 0.0942. The van der Waals surface area contributed by atoms with Crippen LogP contribution < -0.4 is 14.8 Å². The Morgan fingerprint density at radius 2 is 1.87 bits per heavy atom. The van der Waals surface area contributed by atoms with Crippen molar-refractivity contribution in [2.24, 2.45) is 0 Å². The molecular formula is C11H13NO3. The Kier molecular flexibility index (Phi) is 2.49. The first-order chi connectivity index (χ1) is 7.27. The molecule has 4 heteroatoms. The Morgan fingerprint density at radius 3 is 2.53 bits per heavy atom. The van der Waals surface area contributed by atoms with E-state index in [1.54, 1.807) is 20.3 Å². The van der Waals surface area contributed by atoms with Crippen LogP contribution in [0.5, 0.6) is 11.5 Å². The number of amides is 1. The van der Waals surface area contributed by atoms with Crippen molar-refractivity contribution in [2.45, 2.75) is 6.42 Å². The van der Waals surface area contributed by atoms with Crippen LogP contribution in [0.15, 0.2) is 12.1 Å². The van der Waals surface area contributed by atoms with E-state index in [4.69, 9.17) is 9.47 Å². The Labute approximate surface area is 88.2 Å². The predicted molar refractivity (Wildman–Crippen MR) is 55.6 cm³/mol. The predicted octanol–water partition coefficient (Wildman–Crippen LogP) is 0.990. The topological polar surface area (TPSA) is 47.6 Å². The molecule has 0 unspecified atom stereocenters. The van der Waals surface area contributed by atoms with Crippen LogP contribution in [0.25, 0.3) is 0 Å². The summed E-state index contributed by atoms with van der Waals surface area (Å²) in [4.78, 5) is 11.7. The van der Waals surface area contributed by atoms with Crippen molar-refractivity contribution in [1.82, 2.24) is 5.32 Å². The zero-order valence-electron chi connectivity index (χ0n) is 8.79. The van der Waals surface area contributed by atoms with E-state index in [0.29, 0.717) is 17.9 Å². The summed E-state index contributed by atoms with van der Waals surface area (Å²) in [5.41, 5.74) is 1.53. The molecule has 0 bridgehead atoms. The van der Waals surface area contributed by atoms with Crippen LogP contribution >= 0.6 is 0 Å². The van der Waals surface area contributed by atoms with E-state index >= 15 is 0 Å². The number of methoxy groups -OCH3 is 2. The molecule has 1 aromatic carbocycles. The van der Waals surface area contributed by atoms with Crippen molar-refractivity contribution < 1.29 is 14.3 Å². The van der Waals surface area contributed by atoms with E-state index in [1.165, 1.54) is 0 Å². The van der Waals surface area contributed by atoms with Gasteiger partial charge in [0, 0.05) is 12.1 Å². The highest BCUT2D eigenvalue weighted by Crippen LogP contribution is 2.32. The summed E-state index contributed by atoms with van der Waals surface area (Å²) in [5.74, 6) is 1.26. The van der Waals surface area contributed by atoms with E-state index < -0.39 is 0 Å². The number of nitrogens with one attached hydrogen (secondary N) is 1. The standard InChI is InChI=1S/C11H13NO3/c1-14-8-3-4-9(15-2)10-7(8)5-6-12-11(10)13/h3-4H,5-6H2,1-2H3,(H,12,13). The third-order valence-electron chi connectivity index (χ3n) is 2.56. The Bertz CT molecular complexity index is 401. The molecule has 1 amide bonds. The van der Waals surface area contributed by atoms with Crippen molar-refractivity contribution in [2.75, 3.05) is 20.8 Å². The molecule has 0 saturated heterocycles.